The number of rotatable bonds is 2. The van der Waals surface area contributed by atoms with Gasteiger partial charge in [0.15, 0.2) is 0 Å². The molecular formula is C16H26N2O3. The lowest BCUT2D eigenvalue weighted by Crippen LogP contribution is -2.74. The first-order chi connectivity index (χ1) is 9.96. The van der Waals surface area contributed by atoms with Crippen molar-refractivity contribution in [1.82, 2.24) is 10.2 Å². The average Bonchev–Trinajstić information content (AvgIpc) is 2.94. The van der Waals surface area contributed by atoms with Crippen LogP contribution in [0.15, 0.2) is 0 Å². The number of ether oxygens (including phenoxy) is 1. The Morgan fingerprint density at radius 1 is 1.19 bits per heavy atom. The van der Waals surface area contributed by atoms with E-state index in [0.717, 1.165) is 51.6 Å². The van der Waals surface area contributed by atoms with Crippen LogP contribution in [0.3, 0.4) is 0 Å². The Morgan fingerprint density at radius 2 is 1.90 bits per heavy atom. The summed E-state index contributed by atoms with van der Waals surface area (Å²) in [7, 11) is 0. The number of piperazine rings is 1. The van der Waals surface area contributed by atoms with Crippen molar-refractivity contribution in [2.24, 2.45) is 0 Å². The molecule has 2 aliphatic heterocycles. The third-order valence-corrected chi connectivity index (χ3v) is 5.24. The van der Waals surface area contributed by atoms with Crippen LogP contribution in [0, 0.1) is 0 Å². The van der Waals surface area contributed by atoms with Gasteiger partial charge in [0.25, 0.3) is 0 Å². The average molecular weight is 294 g/mol. The Kier molecular flexibility index (Phi) is 3.72. The monoisotopic (exact) mass is 294 g/mol. The molecule has 5 nitrogen and oxygen atoms in total. The van der Waals surface area contributed by atoms with Crippen molar-refractivity contribution in [3.8, 4) is 0 Å². The summed E-state index contributed by atoms with van der Waals surface area (Å²) in [5.74, 6) is 0.0681. The van der Waals surface area contributed by atoms with E-state index < -0.39 is 11.1 Å². The molecule has 1 aliphatic carbocycles. The molecule has 1 saturated carbocycles. The zero-order chi connectivity index (χ0) is 15.1. The van der Waals surface area contributed by atoms with Crippen molar-refractivity contribution in [3.63, 3.8) is 0 Å². The van der Waals surface area contributed by atoms with Gasteiger partial charge in [-0.15, -0.1) is 0 Å². The van der Waals surface area contributed by atoms with Crippen LogP contribution in [0.25, 0.3) is 0 Å². The van der Waals surface area contributed by atoms with Crippen LogP contribution in [0.1, 0.15) is 58.8 Å². The van der Waals surface area contributed by atoms with Gasteiger partial charge in [0.2, 0.25) is 11.8 Å². The highest BCUT2D eigenvalue weighted by molar-refractivity contribution is 6.02. The van der Waals surface area contributed by atoms with Crippen LogP contribution in [0.4, 0.5) is 0 Å². The molecule has 5 heteroatoms. The number of amides is 2. The van der Waals surface area contributed by atoms with Crippen molar-refractivity contribution in [1.29, 1.82) is 0 Å². The number of hydrogen-bond acceptors (Lipinski definition) is 3. The lowest BCUT2D eigenvalue weighted by Gasteiger charge is -2.50. The predicted molar refractivity (Wildman–Crippen MR) is 78.7 cm³/mol. The summed E-state index contributed by atoms with van der Waals surface area (Å²) < 4.78 is 5.81. The first kappa shape index (κ1) is 14.8. The summed E-state index contributed by atoms with van der Waals surface area (Å²) >= 11 is 0. The standard InChI is InChI=1S/C16H26N2O3/c1-15(2)14(20)18(11-12-7-3-6-10-21-12)16(13(19)17-15)8-4-5-9-16/h12H,3-11H2,1-2H3,(H,17,19). The van der Waals surface area contributed by atoms with E-state index in [2.05, 4.69) is 5.32 Å². The van der Waals surface area contributed by atoms with E-state index in [1.165, 1.54) is 0 Å². The maximum atomic E-state index is 12.9. The largest absolute Gasteiger partial charge is 0.376 e. The normalized spacial score (nSPS) is 31.5. The van der Waals surface area contributed by atoms with Gasteiger partial charge >= 0.3 is 0 Å². The highest BCUT2D eigenvalue weighted by Gasteiger charge is 2.56. The van der Waals surface area contributed by atoms with Crippen molar-refractivity contribution >= 4 is 11.8 Å². The zero-order valence-electron chi connectivity index (χ0n) is 13.1. The molecule has 0 aromatic carbocycles. The Labute approximate surface area is 126 Å². The molecule has 3 rings (SSSR count). The van der Waals surface area contributed by atoms with Gasteiger partial charge in [-0.25, -0.2) is 0 Å². The molecule has 3 aliphatic rings. The molecule has 1 unspecified atom stereocenters. The van der Waals surface area contributed by atoms with Gasteiger partial charge in [0, 0.05) is 13.2 Å². The topological polar surface area (TPSA) is 58.6 Å². The van der Waals surface area contributed by atoms with Crippen LogP contribution in [0.2, 0.25) is 0 Å². The maximum Gasteiger partial charge on any atom is 0.248 e. The third-order valence-electron chi connectivity index (χ3n) is 5.24. The van der Waals surface area contributed by atoms with Gasteiger partial charge in [0.05, 0.1) is 6.10 Å². The first-order valence-corrected chi connectivity index (χ1v) is 8.22. The van der Waals surface area contributed by atoms with Crippen LogP contribution < -0.4 is 5.32 Å². The summed E-state index contributed by atoms with van der Waals surface area (Å²) in [5.41, 5.74) is -1.42. The number of carbonyl (C=O) groups is 2. The molecule has 1 atom stereocenters. The lowest BCUT2D eigenvalue weighted by molar-refractivity contribution is -0.165. The number of nitrogens with one attached hydrogen (secondary N) is 1. The summed E-state index contributed by atoms with van der Waals surface area (Å²) in [4.78, 5) is 27.4. The van der Waals surface area contributed by atoms with Crippen LogP contribution in [-0.2, 0) is 14.3 Å². The quantitative estimate of drug-likeness (QED) is 0.841. The number of carbonyl (C=O) groups excluding carboxylic acids is 2. The van der Waals surface area contributed by atoms with E-state index in [4.69, 9.17) is 4.74 Å². The van der Waals surface area contributed by atoms with Crippen molar-refractivity contribution < 1.29 is 14.3 Å². The minimum atomic E-state index is -0.806. The zero-order valence-corrected chi connectivity index (χ0v) is 13.1. The van der Waals surface area contributed by atoms with Crippen LogP contribution in [-0.4, -0.2) is 47.0 Å². The van der Waals surface area contributed by atoms with Gasteiger partial charge in [-0.1, -0.05) is 12.8 Å². The molecule has 3 fully saturated rings. The molecule has 2 amide bonds. The van der Waals surface area contributed by atoms with Gasteiger partial charge in [-0.3, -0.25) is 9.59 Å². The third kappa shape index (κ3) is 2.45. The van der Waals surface area contributed by atoms with Crippen LogP contribution >= 0.6 is 0 Å². The van der Waals surface area contributed by atoms with Gasteiger partial charge < -0.3 is 15.0 Å². The van der Waals surface area contributed by atoms with Gasteiger partial charge in [-0.05, 0) is 46.0 Å². The first-order valence-electron chi connectivity index (χ1n) is 8.22. The molecule has 0 aromatic heterocycles. The molecule has 1 N–H and O–H groups in total. The molecule has 2 saturated heterocycles. The van der Waals surface area contributed by atoms with Crippen molar-refractivity contribution in [3.05, 3.63) is 0 Å². The highest BCUT2D eigenvalue weighted by Crippen LogP contribution is 2.40. The second-order valence-electron chi connectivity index (χ2n) is 7.22. The summed E-state index contributed by atoms with van der Waals surface area (Å²) in [6.45, 7) is 4.93. The smallest absolute Gasteiger partial charge is 0.248 e. The minimum absolute atomic E-state index is 0.0282. The fourth-order valence-corrected chi connectivity index (χ4v) is 3.98. The van der Waals surface area contributed by atoms with E-state index in [1.54, 1.807) is 13.8 Å². The molecular weight excluding hydrogens is 268 g/mol. The van der Waals surface area contributed by atoms with E-state index in [1.807, 2.05) is 4.90 Å². The Hall–Kier alpha value is -1.10. The van der Waals surface area contributed by atoms with E-state index >= 15 is 0 Å². The molecule has 1 spiro atoms. The Balaban J connectivity index is 1.86. The molecule has 0 aromatic rings. The Bertz CT molecular complexity index is 435. The van der Waals surface area contributed by atoms with E-state index in [9.17, 15) is 9.59 Å². The maximum absolute atomic E-state index is 12.9. The van der Waals surface area contributed by atoms with Crippen LogP contribution in [0.5, 0.6) is 0 Å². The predicted octanol–water partition coefficient (Wildman–Crippen LogP) is 1.61. The van der Waals surface area contributed by atoms with Crippen molar-refractivity contribution in [2.75, 3.05) is 13.2 Å². The SMILES string of the molecule is CC1(C)NC(=O)C2(CCCC2)N(CC2CCCCO2)C1=O. The fourth-order valence-electron chi connectivity index (χ4n) is 3.98. The summed E-state index contributed by atoms with van der Waals surface area (Å²) in [6.07, 6.45) is 6.92. The molecule has 2 heterocycles. The molecule has 118 valence electrons. The van der Waals surface area contributed by atoms with Gasteiger partial charge in [-0.2, -0.15) is 0 Å². The second kappa shape index (κ2) is 5.27. The number of nitrogens with zero attached hydrogens (tertiary/aromatic N) is 1. The van der Waals surface area contributed by atoms with Crippen molar-refractivity contribution in [2.45, 2.75) is 76.0 Å². The summed E-state index contributed by atoms with van der Waals surface area (Å²) in [6, 6.07) is 0. The fraction of sp³-hybridized carbons (Fsp3) is 0.875. The van der Waals surface area contributed by atoms with E-state index in [-0.39, 0.29) is 17.9 Å². The Morgan fingerprint density at radius 3 is 2.52 bits per heavy atom. The minimum Gasteiger partial charge on any atom is -0.376 e. The van der Waals surface area contributed by atoms with E-state index in [0.29, 0.717) is 6.54 Å². The molecule has 0 bridgehead atoms. The summed E-state index contributed by atoms with van der Waals surface area (Å²) in [5, 5.41) is 2.93. The molecule has 0 radical (unpaired) electrons. The number of hydrogen-bond donors (Lipinski definition) is 1. The second-order valence-corrected chi connectivity index (χ2v) is 7.22. The molecule has 21 heavy (non-hydrogen) atoms. The highest BCUT2D eigenvalue weighted by atomic mass is 16.5. The lowest BCUT2D eigenvalue weighted by atomic mass is 9.85. The van der Waals surface area contributed by atoms with Gasteiger partial charge in [0.1, 0.15) is 11.1 Å².